The molecule has 0 saturated carbocycles. The van der Waals surface area contributed by atoms with Gasteiger partial charge in [-0.05, 0) is 30.5 Å². The van der Waals surface area contributed by atoms with Crippen LogP contribution in [0.15, 0.2) is 35.8 Å². The van der Waals surface area contributed by atoms with Crippen molar-refractivity contribution >= 4 is 23.3 Å². The van der Waals surface area contributed by atoms with Gasteiger partial charge in [0.25, 0.3) is 5.91 Å². The lowest BCUT2D eigenvalue weighted by Gasteiger charge is -2.07. The number of nitrogens with one attached hydrogen (secondary N) is 2. The molecular weight excluding hydrogens is 302 g/mol. The molecule has 0 fully saturated rings. The highest BCUT2D eigenvalue weighted by atomic mass is 32.1. The maximum absolute atomic E-state index is 12.1. The lowest BCUT2D eigenvalue weighted by molar-refractivity contribution is 0.0951. The maximum Gasteiger partial charge on any atom is 0.407 e. The number of hydrogen-bond acceptors (Lipinski definition) is 5. The van der Waals surface area contributed by atoms with Gasteiger partial charge in [0.15, 0.2) is 0 Å². The largest absolute Gasteiger partial charge is 0.450 e. The van der Waals surface area contributed by atoms with Crippen LogP contribution in [0.2, 0.25) is 0 Å². The molecule has 2 rings (SSSR count). The lowest BCUT2D eigenvalue weighted by Crippen LogP contribution is -2.25. The third-order valence-electron chi connectivity index (χ3n) is 2.77. The van der Waals surface area contributed by atoms with E-state index in [1.807, 2.05) is 17.5 Å². The van der Waals surface area contributed by atoms with Crippen LogP contribution in [0.5, 0.6) is 0 Å². The number of amides is 2. The molecule has 0 saturated heterocycles. The number of nitrogens with zero attached hydrogens (tertiary/aromatic N) is 1. The van der Waals surface area contributed by atoms with Crippen molar-refractivity contribution in [2.45, 2.75) is 20.0 Å². The molecular formula is C15H17N3O3S. The van der Waals surface area contributed by atoms with E-state index < -0.39 is 6.09 Å². The summed E-state index contributed by atoms with van der Waals surface area (Å²) < 4.78 is 4.77. The molecule has 116 valence electrons. The van der Waals surface area contributed by atoms with Crippen molar-refractivity contribution in [1.29, 1.82) is 0 Å². The molecule has 2 amide bonds. The van der Waals surface area contributed by atoms with Gasteiger partial charge in [0.2, 0.25) is 0 Å². The molecule has 0 aliphatic rings. The Kier molecular flexibility index (Phi) is 5.91. The van der Waals surface area contributed by atoms with E-state index in [9.17, 15) is 9.59 Å². The Hall–Kier alpha value is -2.41. The number of hydrogen-bond donors (Lipinski definition) is 2. The summed E-state index contributed by atoms with van der Waals surface area (Å²) in [6, 6.07) is 7.19. The molecule has 7 heteroatoms. The van der Waals surface area contributed by atoms with Gasteiger partial charge in [-0.1, -0.05) is 6.07 Å². The van der Waals surface area contributed by atoms with Crippen LogP contribution in [0.25, 0.3) is 0 Å². The zero-order chi connectivity index (χ0) is 15.8. The van der Waals surface area contributed by atoms with E-state index in [0.717, 1.165) is 4.88 Å². The predicted molar refractivity (Wildman–Crippen MR) is 83.6 cm³/mol. The average Bonchev–Trinajstić information content (AvgIpc) is 3.04. The van der Waals surface area contributed by atoms with Crippen LogP contribution < -0.4 is 10.6 Å². The van der Waals surface area contributed by atoms with Crippen LogP contribution in [0.1, 0.15) is 27.9 Å². The summed E-state index contributed by atoms with van der Waals surface area (Å²) >= 11 is 1.59. The fourth-order valence-corrected chi connectivity index (χ4v) is 2.39. The van der Waals surface area contributed by atoms with Crippen molar-refractivity contribution in [3.05, 3.63) is 52.0 Å². The smallest absolute Gasteiger partial charge is 0.407 e. The monoisotopic (exact) mass is 319 g/mol. The second-order valence-corrected chi connectivity index (χ2v) is 5.40. The molecule has 0 aliphatic heterocycles. The fraction of sp³-hybridized carbons (Fsp3) is 0.267. The van der Waals surface area contributed by atoms with Crippen LogP contribution in [0.4, 0.5) is 4.79 Å². The maximum atomic E-state index is 12.1. The van der Waals surface area contributed by atoms with Crippen molar-refractivity contribution in [2.24, 2.45) is 0 Å². The molecule has 0 bridgehead atoms. The van der Waals surface area contributed by atoms with Gasteiger partial charge in [0.1, 0.15) is 0 Å². The van der Waals surface area contributed by atoms with Gasteiger partial charge in [-0.15, -0.1) is 11.3 Å². The van der Waals surface area contributed by atoms with Gasteiger partial charge in [-0.2, -0.15) is 0 Å². The van der Waals surface area contributed by atoms with Gasteiger partial charge >= 0.3 is 6.09 Å². The van der Waals surface area contributed by atoms with Crippen molar-refractivity contribution in [1.82, 2.24) is 15.6 Å². The number of pyridine rings is 1. The van der Waals surface area contributed by atoms with Gasteiger partial charge < -0.3 is 15.4 Å². The SMILES string of the molecule is CCOC(=O)NCc1cc(C(=O)NCc2cccs2)ccn1. The first-order chi connectivity index (χ1) is 10.7. The number of carbonyl (C=O) groups is 2. The molecule has 6 nitrogen and oxygen atoms in total. The van der Waals surface area contributed by atoms with Gasteiger partial charge in [-0.25, -0.2) is 4.79 Å². The highest BCUT2D eigenvalue weighted by molar-refractivity contribution is 7.09. The molecule has 2 heterocycles. The third-order valence-corrected chi connectivity index (χ3v) is 3.65. The Balaban J connectivity index is 1.89. The first-order valence-electron chi connectivity index (χ1n) is 6.85. The minimum atomic E-state index is -0.503. The Bertz CT molecular complexity index is 629. The van der Waals surface area contributed by atoms with Crippen LogP contribution >= 0.6 is 11.3 Å². The lowest BCUT2D eigenvalue weighted by atomic mass is 10.2. The number of aromatic nitrogens is 1. The Morgan fingerprint density at radius 1 is 1.27 bits per heavy atom. The highest BCUT2D eigenvalue weighted by Gasteiger charge is 2.08. The minimum Gasteiger partial charge on any atom is -0.450 e. The summed E-state index contributed by atoms with van der Waals surface area (Å²) in [7, 11) is 0. The Labute approximate surface area is 132 Å². The summed E-state index contributed by atoms with van der Waals surface area (Å²) in [6.07, 6.45) is 1.04. The third kappa shape index (κ3) is 4.85. The number of carbonyl (C=O) groups excluding carboxylic acids is 2. The molecule has 0 unspecified atom stereocenters. The molecule has 0 aromatic carbocycles. The Morgan fingerprint density at radius 3 is 2.86 bits per heavy atom. The molecule has 22 heavy (non-hydrogen) atoms. The van der Waals surface area contributed by atoms with E-state index >= 15 is 0 Å². The van der Waals surface area contributed by atoms with Crippen molar-refractivity contribution in [2.75, 3.05) is 6.61 Å². The predicted octanol–water partition coefficient (Wildman–Crippen LogP) is 2.32. The van der Waals surface area contributed by atoms with E-state index in [2.05, 4.69) is 15.6 Å². The van der Waals surface area contributed by atoms with E-state index in [1.165, 1.54) is 0 Å². The van der Waals surface area contributed by atoms with Crippen LogP contribution in [-0.4, -0.2) is 23.6 Å². The molecule has 0 aliphatic carbocycles. The van der Waals surface area contributed by atoms with Crippen molar-refractivity contribution in [3.63, 3.8) is 0 Å². The second kappa shape index (κ2) is 8.14. The van der Waals surface area contributed by atoms with Crippen molar-refractivity contribution in [3.8, 4) is 0 Å². The van der Waals surface area contributed by atoms with Crippen LogP contribution in [0.3, 0.4) is 0 Å². The zero-order valence-electron chi connectivity index (χ0n) is 12.2. The molecule has 0 radical (unpaired) electrons. The minimum absolute atomic E-state index is 0.173. The number of rotatable bonds is 6. The quantitative estimate of drug-likeness (QED) is 0.856. The van der Waals surface area contributed by atoms with E-state index in [4.69, 9.17) is 4.74 Å². The standard InChI is InChI=1S/C15H17N3O3S/c1-2-21-15(20)18-9-12-8-11(5-6-16-12)14(19)17-10-13-4-3-7-22-13/h3-8H,2,9-10H2,1H3,(H,17,19)(H,18,20). The van der Waals surface area contributed by atoms with E-state index in [0.29, 0.717) is 24.4 Å². The zero-order valence-corrected chi connectivity index (χ0v) is 13.0. The van der Waals surface area contributed by atoms with E-state index in [-0.39, 0.29) is 12.5 Å². The summed E-state index contributed by atoms with van der Waals surface area (Å²) in [5.74, 6) is -0.173. The molecule has 0 spiro atoms. The average molecular weight is 319 g/mol. The molecule has 0 atom stereocenters. The fourth-order valence-electron chi connectivity index (χ4n) is 1.74. The molecule has 2 aromatic rings. The van der Waals surface area contributed by atoms with E-state index in [1.54, 1.807) is 36.6 Å². The van der Waals surface area contributed by atoms with Gasteiger partial charge in [-0.3, -0.25) is 9.78 Å². The van der Waals surface area contributed by atoms with Crippen LogP contribution in [0, 0.1) is 0 Å². The first kappa shape index (κ1) is 16.0. The topological polar surface area (TPSA) is 80.3 Å². The normalized spacial score (nSPS) is 10.0. The molecule has 2 aromatic heterocycles. The summed E-state index contributed by atoms with van der Waals surface area (Å²) in [5, 5.41) is 7.38. The Morgan fingerprint density at radius 2 is 2.14 bits per heavy atom. The van der Waals surface area contributed by atoms with Gasteiger partial charge in [0.05, 0.1) is 25.4 Å². The first-order valence-corrected chi connectivity index (χ1v) is 7.73. The van der Waals surface area contributed by atoms with Crippen molar-refractivity contribution < 1.29 is 14.3 Å². The number of ether oxygens (including phenoxy) is 1. The van der Waals surface area contributed by atoms with Gasteiger partial charge in [0, 0.05) is 16.6 Å². The number of thiophene rings is 1. The summed E-state index contributed by atoms with van der Waals surface area (Å²) in [5.41, 5.74) is 1.10. The van der Waals surface area contributed by atoms with Crippen LogP contribution in [-0.2, 0) is 17.8 Å². The highest BCUT2D eigenvalue weighted by Crippen LogP contribution is 2.08. The summed E-state index contributed by atoms with van der Waals surface area (Å²) in [6.45, 7) is 2.75. The molecule has 2 N–H and O–H groups in total. The number of alkyl carbamates (subject to hydrolysis) is 1. The summed E-state index contributed by atoms with van der Waals surface area (Å²) in [4.78, 5) is 28.5. The second-order valence-electron chi connectivity index (χ2n) is 4.37.